The Morgan fingerprint density at radius 1 is 0.333 bits per heavy atom. The second-order valence-corrected chi connectivity index (χ2v) is 28.9. The second-order valence-electron chi connectivity index (χ2n) is 28.9. The largest absolute Gasteiger partial charge is 0.394 e. The smallest absolute Gasteiger partial charge is 0.0904 e. The predicted octanol–water partition coefficient (Wildman–Crippen LogP) is 18.8. The van der Waals surface area contributed by atoms with Gasteiger partial charge in [0.1, 0.15) is 0 Å². The molecule has 0 aromatic heterocycles. The van der Waals surface area contributed by atoms with Gasteiger partial charge in [0, 0.05) is 101 Å². The first-order chi connectivity index (χ1) is 54.2. The molecule has 2 aliphatic carbocycles. The standard InChI is InChI=1S/C23H43N3.C23H31N3.C17H35N3O4.C17H35N3.C11H23N3.CH4/c2*1-2-3-11-18-25-22(20-13-6-4-7-14-20)23(26-19-12-10-17-24)21-15-8-5-9-16-21;1-2-3-5-8-19-16(14-23-12-10-21)17(15-24-13-11-22)20-9-6-4-7-18;1-4-7-9-14-19-16(11-5-2)17(12-6-3)20-15-10-8-13-18;1-2-3-5-8-13-10-11-14-9-6-4-7-12;/h20-21H,2-19,24H2,1H3;4-9,13-16H,2-3,10-12,17-19,24H2,1H3;21-22H,2-15,18H2,1H3;4-15,18H2,1-3H3;10-11H,2-9,12H2,1H3;1H4. The van der Waals surface area contributed by atoms with Gasteiger partial charge in [-0.1, -0.05) is 232 Å². The molecule has 638 valence electrons. The lowest BCUT2D eigenvalue weighted by Crippen LogP contribution is -2.33. The van der Waals surface area contributed by atoms with E-state index in [0.29, 0.717) is 44.7 Å². The van der Waals surface area contributed by atoms with Crippen molar-refractivity contribution in [2.24, 2.45) is 90.4 Å². The first-order valence-electron chi connectivity index (χ1n) is 44.5. The van der Waals surface area contributed by atoms with Gasteiger partial charge in [0.2, 0.25) is 0 Å². The maximum Gasteiger partial charge on any atom is 0.0904 e. The van der Waals surface area contributed by atoms with Gasteiger partial charge >= 0.3 is 0 Å². The van der Waals surface area contributed by atoms with Crippen LogP contribution in [0.4, 0.5) is 0 Å². The minimum absolute atomic E-state index is 0. The maximum absolute atomic E-state index is 8.88. The molecular weight excluding hydrogens is 1380 g/mol. The molecule has 2 aromatic carbocycles. The SMILES string of the molecule is C.CCCCCN=C(C(=NCCCCN)C1CCCCC1)C1CCCCC1.CCCCCN=C(C(=NCCCCN)c1ccccc1)c1ccccc1.CCCCCN=C(CCC)C(CCC)=NCCCCN.CCCCCN=C(COCCO)C(COCCO)=NCCCCN.CCCCCN=CC=NCCCCN. The molecule has 0 atom stereocenters. The minimum Gasteiger partial charge on any atom is -0.394 e. The molecule has 2 aromatic rings. The normalized spacial score (nSPS) is 14.5. The van der Waals surface area contributed by atoms with E-state index in [2.05, 4.69) is 117 Å². The van der Waals surface area contributed by atoms with Crippen molar-refractivity contribution in [1.82, 2.24) is 0 Å². The van der Waals surface area contributed by atoms with E-state index in [0.717, 1.165) is 228 Å². The number of benzene rings is 2. The minimum atomic E-state index is -0.0234. The van der Waals surface area contributed by atoms with Crippen molar-refractivity contribution in [3.63, 3.8) is 0 Å². The van der Waals surface area contributed by atoms with E-state index in [1.54, 1.807) is 12.4 Å². The van der Waals surface area contributed by atoms with Gasteiger partial charge in [0.05, 0.1) is 85.3 Å². The highest BCUT2D eigenvalue weighted by molar-refractivity contribution is 6.53. The summed E-state index contributed by atoms with van der Waals surface area (Å²) in [5.74, 6) is 1.36. The van der Waals surface area contributed by atoms with Crippen molar-refractivity contribution in [2.45, 2.75) is 306 Å². The summed E-state index contributed by atoms with van der Waals surface area (Å²) in [6, 6.07) is 20.8. The Balaban J connectivity index is 0. The van der Waals surface area contributed by atoms with Crippen molar-refractivity contribution >= 4 is 58.1 Å². The Hall–Kier alpha value is -5.22. The molecule has 19 heteroatoms. The van der Waals surface area contributed by atoms with Crippen molar-refractivity contribution in [3.8, 4) is 0 Å². The monoisotopic (exact) mass is 1550 g/mol. The number of aliphatic hydroxyl groups is 2. The van der Waals surface area contributed by atoms with Gasteiger partial charge in [-0.25, -0.2) is 0 Å². The number of nitrogens with zero attached hydrogens (tertiary/aromatic N) is 10. The van der Waals surface area contributed by atoms with E-state index in [-0.39, 0.29) is 33.9 Å². The molecule has 0 heterocycles. The molecule has 4 rings (SSSR count). The van der Waals surface area contributed by atoms with Gasteiger partial charge in [0.15, 0.2) is 0 Å². The van der Waals surface area contributed by atoms with Crippen LogP contribution in [-0.2, 0) is 9.47 Å². The summed E-state index contributed by atoms with van der Waals surface area (Å²) in [5, 5.41) is 17.8. The summed E-state index contributed by atoms with van der Waals surface area (Å²) >= 11 is 0. The van der Waals surface area contributed by atoms with Gasteiger partial charge < -0.3 is 48.4 Å². The van der Waals surface area contributed by atoms with Crippen LogP contribution in [0.1, 0.15) is 317 Å². The number of aliphatic hydroxyl groups excluding tert-OH is 2. The third kappa shape index (κ3) is 61.8. The summed E-state index contributed by atoms with van der Waals surface area (Å²) < 4.78 is 10.9. The van der Waals surface area contributed by atoms with Gasteiger partial charge in [-0.3, -0.25) is 49.9 Å². The Kier molecular flexibility index (Phi) is 83.2. The maximum atomic E-state index is 8.88. The second kappa shape index (κ2) is 85.7. The zero-order chi connectivity index (χ0) is 80.3. The van der Waals surface area contributed by atoms with Crippen LogP contribution in [0.3, 0.4) is 0 Å². The van der Waals surface area contributed by atoms with Gasteiger partial charge in [0.25, 0.3) is 0 Å². The van der Waals surface area contributed by atoms with E-state index in [1.807, 2.05) is 12.1 Å². The Morgan fingerprint density at radius 2 is 0.604 bits per heavy atom. The molecule has 0 aliphatic heterocycles. The highest BCUT2D eigenvalue weighted by Gasteiger charge is 2.29. The van der Waals surface area contributed by atoms with Crippen molar-refractivity contribution in [1.29, 1.82) is 0 Å². The molecule has 0 radical (unpaired) electrons. The highest BCUT2D eigenvalue weighted by atomic mass is 16.5. The molecule has 0 unspecified atom stereocenters. The molecular formula is C92H171N15O4. The number of unbranched alkanes of at least 4 members (excludes halogenated alkanes) is 15. The third-order valence-corrected chi connectivity index (χ3v) is 18.9. The first-order valence-corrected chi connectivity index (χ1v) is 44.5. The number of hydrogen-bond acceptors (Lipinski definition) is 19. The Labute approximate surface area is 680 Å². The number of hydrogen-bond donors (Lipinski definition) is 7. The quantitative estimate of drug-likeness (QED) is 0.0244. The van der Waals surface area contributed by atoms with Gasteiger partial charge in [-0.15, -0.1) is 0 Å². The Bertz CT molecular complexity index is 2470. The number of ether oxygens (including phenoxy) is 2. The topological polar surface area (TPSA) is 313 Å². The fourth-order valence-electron chi connectivity index (χ4n) is 12.6. The molecule has 19 nitrogen and oxygen atoms in total. The molecule has 2 saturated carbocycles. The lowest BCUT2D eigenvalue weighted by Gasteiger charge is -2.30. The van der Waals surface area contributed by atoms with Crippen molar-refractivity contribution in [3.05, 3.63) is 71.8 Å². The molecule has 111 heavy (non-hydrogen) atoms. The zero-order valence-corrected chi connectivity index (χ0v) is 71.6. The summed E-state index contributed by atoms with van der Waals surface area (Å²) in [6.07, 6.45) is 50.1. The van der Waals surface area contributed by atoms with E-state index in [9.17, 15) is 0 Å². The predicted molar refractivity (Wildman–Crippen MR) is 491 cm³/mol. The highest BCUT2D eigenvalue weighted by Crippen LogP contribution is 2.32. The van der Waals surface area contributed by atoms with Crippen LogP contribution >= 0.6 is 0 Å². The lowest BCUT2D eigenvalue weighted by atomic mass is 9.77. The van der Waals surface area contributed by atoms with Crippen molar-refractivity contribution in [2.75, 3.05) is 138 Å². The summed E-state index contributed by atoms with van der Waals surface area (Å²) in [6.45, 7) is 29.0. The molecule has 0 bridgehead atoms. The van der Waals surface area contributed by atoms with E-state index in [1.165, 1.54) is 158 Å². The molecule has 12 N–H and O–H groups in total. The Morgan fingerprint density at radius 3 is 0.892 bits per heavy atom. The molecule has 2 fully saturated rings. The zero-order valence-electron chi connectivity index (χ0n) is 71.6. The molecule has 0 spiro atoms. The van der Waals surface area contributed by atoms with Crippen LogP contribution in [0, 0.1) is 11.8 Å². The van der Waals surface area contributed by atoms with Crippen molar-refractivity contribution < 1.29 is 19.7 Å². The average molecular weight is 1550 g/mol. The fourth-order valence-corrected chi connectivity index (χ4v) is 12.6. The number of rotatable bonds is 61. The lowest BCUT2D eigenvalue weighted by molar-refractivity contribution is 0.115. The van der Waals surface area contributed by atoms with E-state index < -0.39 is 0 Å². The molecule has 0 amide bonds. The number of nitrogens with two attached hydrogens (primary N) is 5. The van der Waals surface area contributed by atoms with Crippen LogP contribution in [-0.4, -0.2) is 206 Å². The van der Waals surface area contributed by atoms with Crippen LogP contribution < -0.4 is 28.7 Å². The van der Waals surface area contributed by atoms with Gasteiger partial charge in [-0.05, 0) is 168 Å². The van der Waals surface area contributed by atoms with Gasteiger partial charge in [-0.2, -0.15) is 0 Å². The summed E-state index contributed by atoms with van der Waals surface area (Å²) in [7, 11) is 0. The molecule has 0 saturated heterocycles. The van der Waals surface area contributed by atoms with E-state index in [4.69, 9.17) is 78.3 Å². The average Bonchev–Trinajstić information content (AvgIpc) is 0.848. The fraction of sp³-hybridized carbons (Fsp3) is 0.761. The first kappa shape index (κ1) is 108. The summed E-state index contributed by atoms with van der Waals surface area (Å²) in [5.41, 5.74) is 38.9. The van der Waals surface area contributed by atoms with Crippen LogP contribution in [0.5, 0.6) is 0 Å². The third-order valence-electron chi connectivity index (χ3n) is 18.9. The van der Waals surface area contributed by atoms with Crippen LogP contribution in [0.2, 0.25) is 0 Å². The number of aliphatic imine (C=N–C) groups is 10. The van der Waals surface area contributed by atoms with E-state index >= 15 is 0 Å². The molecule has 2 aliphatic rings. The summed E-state index contributed by atoms with van der Waals surface area (Å²) in [4.78, 5) is 47.6. The van der Waals surface area contributed by atoms with Crippen LogP contribution in [0.25, 0.3) is 0 Å². The van der Waals surface area contributed by atoms with Crippen LogP contribution in [0.15, 0.2) is 111 Å².